The average molecular weight is 1090 g/mol. The van der Waals surface area contributed by atoms with Crippen LogP contribution in [0.3, 0.4) is 0 Å². The number of fused-ring (bicyclic) bond motifs is 6. The van der Waals surface area contributed by atoms with Crippen LogP contribution >= 0.6 is 0 Å². The molecule has 0 atom stereocenters. The van der Waals surface area contributed by atoms with Gasteiger partial charge in [-0.25, -0.2) is 0 Å². The van der Waals surface area contributed by atoms with Crippen molar-refractivity contribution in [3.05, 3.63) is 306 Å². The molecule has 0 heterocycles. The van der Waals surface area contributed by atoms with Crippen molar-refractivity contribution in [1.82, 2.24) is 0 Å². The number of benzene rings is 15. The molecule has 0 aliphatic rings. The van der Waals surface area contributed by atoms with Gasteiger partial charge in [0.15, 0.2) is 0 Å². The van der Waals surface area contributed by atoms with Crippen molar-refractivity contribution in [1.29, 1.82) is 0 Å². The molecule has 0 unspecified atom stereocenters. The third-order valence-electron chi connectivity index (χ3n) is 18.1. The van der Waals surface area contributed by atoms with E-state index in [1.54, 1.807) is 0 Å². The number of hydrogen-bond donors (Lipinski definition) is 0. The van der Waals surface area contributed by atoms with Gasteiger partial charge in [-0.2, -0.15) is 0 Å². The quantitative estimate of drug-likeness (QED) is 0.130. The molecule has 0 N–H and O–H groups in total. The van der Waals surface area contributed by atoms with Crippen LogP contribution in [0.5, 0.6) is 0 Å². The van der Waals surface area contributed by atoms with Crippen molar-refractivity contribution in [3.63, 3.8) is 0 Å². The van der Waals surface area contributed by atoms with E-state index in [-0.39, 0.29) is 0 Å². The molecule has 0 spiro atoms. The van der Waals surface area contributed by atoms with Crippen LogP contribution in [0.25, 0.3) is 131 Å². The van der Waals surface area contributed by atoms with E-state index in [1.807, 2.05) is 0 Å². The second-order valence-corrected chi connectivity index (χ2v) is 23.5. The Balaban J connectivity index is 0.828. The lowest BCUT2D eigenvalue weighted by molar-refractivity contribution is 1.18. The van der Waals surface area contributed by atoms with Gasteiger partial charge in [-0.3, -0.25) is 0 Å². The molecule has 85 heavy (non-hydrogen) atoms. The summed E-state index contributed by atoms with van der Waals surface area (Å²) in [5.41, 5.74) is 25.7. The summed E-state index contributed by atoms with van der Waals surface area (Å²) in [6.45, 7) is 13.7. The molecule has 0 amide bonds. The number of aryl methyl sites for hydroxylation is 6. The fourth-order valence-corrected chi connectivity index (χ4v) is 13.9. The van der Waals surface area contributed by atoms with Crippen molar-refractivity contribution in [2.24, 2.45) is 0 Å². The molecule has 0 aliphatic heterocycles. The highest BCUT2D eigenvalue weighted by atomic mass is 15.1. The first-order valence-electron chi connectivity index (χ1n) is 29.8. The third kappa shape index (κ3) is 8.94. The van der Waals surface area contributed by atoms with Crippen LogP contribution in [0.2, 0.25) is 0 Å². The molecule has 404 valence electrons. The highest BCUT2D eigenvalue weighted by Gasteiger charge is 2.24. The molecule has 0 saturated carbocycles. The molecule has 15 rings (SSSR count). The summed E-state index contributed by atoms with van der Waals surface area (Å²) in [6.07, 6.45) is 0. The second kappa shape index (κ2) is 20.8. The van der Waals surface area contributed by atoms with Crippen LogP contribution in [0.1, 0.15) is 33.4 Å². The molecular weight excluding hydrogens is 1020 g/mol. The molecule has 15 aromatic rings. The van der Waals surface area contributed by atoms with Crippen LogP contribution in [-0.4, -0.2) is 0 Å². The highest BCUT2D eigenvalue weighted by molar-refractivity contribution is 6.15. The van der Waals surface area contributed by atoms with Gasteiger partial charge >= 0.3 is 0 Å². The Hall–Kier alpha value is -10.3. The van der Waals surface area contributed by atoms with Crippen LogP contribution in [-0.2, 0) is 0 Å². The fraction of sp³-hybridized carbons (Fsp3) is 0.0714. The van der Waals surface area contributed by atoms with Gasteiger partial charge in [-0.1, -0.05) is 218 Å². The molecule has 0 radical (unpaired) electrons. The van der Waals surface area contributed by atoms with Crippen molar-refractivity contribution in [2.75, 3.05) is 4.90 Å². The van der Waals surface area contributed by atoms with Gasteiger partial charge in [-0.15, -0.1) is 0 Å². The molecule has 0 aromatic heterocycles. The van der Waals surface area contributed by atoms with E-state index in [0.717, 1.165) is 0 Å². The van der Waals surface area contributed by atoms with Crippen LogP contribution in [0.15, 0.2) is 273 Å². The molecule has 0 aliphatic carbocycles. The Kier molecular flexibility index (Phi) is 12.6. The van der Waals surface area contributed by atoms with Gasteiger partial charge in [-0.05, 0) is 261 Å². The van der Waals surface area contributed by atoms with Gasteiger partial charge < -0.3 is 4.90 Å². The van der Waals surface area contributed by atoms with Crippen LogP contribution in [0.4, 0.5) is 17.1 Å². The van der Waals surface area contributed by atoms with Crippen molar-refractivity contribution >= 4 is 81.7 Å². The van der Waals surface area contributed by atoms with E-state index >= 15 is 0 Å². The first-order valence-corrected chi connectivity index (χ1v) is 29.8. The maximum atomic E-state index is 2.54. The largest absolute Gasteiger partial charge is 0.310 e. The summed E-state index contributed by atoms with van der Waals surface area (Å²) in [4.78, 5) is 2.54. The Bertz CT molecular complexity index is 4480. The maximum absolute atomic E-state index is 2.54. The summed E-state index contributed by atoms with van der Waals surface area (Å²) >= 11 is 0. The zero-order valence-corrected chi connectivity index (χ0v) is 48.9. The molecule has 1 heteroatoms. The zero-order valence-electron chi connectivity index (χ0n) is 48.9. The number of anilines is 3. The predicted octanol–water partition coefficient (Wildman–Crippen LogP) is 23.9. The Morgan fingerprint density at radius 2 is 0.388 bits per heavy atom. The first kappa shape index (κ1) is 51.5. The minimum absolute atomic E-state index is 1.17. The molecule has 0 fully saturated rings. The summed E-state index contributed by atoms with van der Waals surface area (Å²) in [6, 6.07) is 102. The topological polar surface area (TPSA) is 3.24 Å². The van der Waals surface area contributed by atoms with Gasteiger partial charge in [0.2, 0.25) is 0 Å². The van der Waals surface area contributed by atoms with Crippen LogP contribution in [0, 0.1) is 41.5 Å². The second-order valence-electron chi connectivity index (χ2n) is 23.5. The summed E-state index contributed by atoms with van der Waals surface area (Å²) in [7, 11) is 0. The lowest BCUT2D eigenvalue weighted by Crippen LogP contribution is -2.15. The summed E-state index contributed by atoms with van der Waals surface area (Å²) < 4.78 is 0. The molecule has 1 nitrogen and oxygen atoms in total. The van der Waals surface area contributed by atoms with E-state index in [9.17, 15) is 0 Å². The Morgan fingerprint density at radius 3 is 0.612 bits per heavy atom. The molecule has 0 bridgehead atoms. The van der Waals surface area contributed by atoms with E-state index in [0.29, 0.717) is 0 Å². The minimum Gasteiger partial charge on any atom is -0.310 e. The summed E-state index contributed by atoms with van der Waals surface area (Å²) in [5, 5.41) is 15.2. The SMILES string of the molecule is Cc1cc(N(c2cc(C)c(-c3ccc(-c4c5ccccc5cc5ccccc45)cc3)cc2C)c2cc(C)c(-c3ccc(-c4c5ccccc5cc5ccccc45)cc3)cc2C)c(C)cc1-c1ccc(-c2c3ccccc3cc3ccccc23)cc1. The van der Waals surface area contributed by atoms with Crippen molar-refractivity contribution in [3.8, 4) is 66.8 Å². The highest BCUT2D eigenvalue weighted by Crippen LogP contribution is 2.47. The zero-order chi connectivity index (χ0) is 57.4. The molecule has 0 saturated heterocycles. The first-order chi connectivity index (χ1) is 41.6. The number of nitrogens with zero attached hydrogens (tertiary/aromatic N) is 1. The maximum Gasteiger partial charge on any atom is 0.0494 e. The third-order valence-corrected chi connectivity index (χ3v) is 18.1. The fourth-order valence-electron chi connectivity index (χ4n) is 13.9. The average Bonchev–Trinajstić information content (AvgIpc) is 3.42. The lowest BCUT2D eigenvalue weighted by atomic mass is 9.89. The van der Waals surface area contributed by atoms with Gasteiger partial charge in [0, 0.05) is 17.1 Å². The Labute approximate surface area is 498 Å². The monoisotopic (exact) mass is 1090 g/mol. The van der Waals surface area contributed by atoms with E-state index < -0.39 is 0 Å². The van der Waals surface area contributed by atoms with Crippen LogP contribution < -0.4 is 4.90 Å². The minimum atomic E-state index is 1.17. The normalized spacial score (nSPS) is 11.6. The van der Waals surface area contributed by atoms with Crippen molar-refractivity contribution in [2.45, 2.75) is 41.5 Å². The van der Waals surface area contributed by atoms with Gasteiger partial charge in [0.1, 0.15) is 0 Å². The summed E-state index contributed by atoms with van der Waals surface area (Å²) in [5.74, 6) is 0. The number of rotatable bonds is 9. The standard InChI is InChI=1S/C84H63N/c1-52-46-79(55(4)43-76(52)58-31-37-61(38-32-58)82-70-25-13-7-19-64(70)49-65-20-8-14-26-71(65)82)85(80-47-53(2)77(44-56(80)5)59-33-39-62(40-34-59)83-72-27-15-9-21-66(72)50-67-22-10-16-28-73(67)83)81-48-54(3)78(45-57(81)6)60-35-41-63(42-36-60)84-74-29-17-11-23-68(74)51-69-24-12-18-30-75(69)84/h7-51H,1-6H3. The lowest BCUT2D eigenvalue weighted by Gasteiger charge is -2.32. The number of hydrogen-bond acceptors (Lipinski definition) is 1. The molecule has 15 aromatic carbocycles. The van der Waals surface area contributed by atoms with E-state index in [1.165, 1.54) is 182 Å². The Morgan fingerprint density at radius 1 is 0.188 bits per heavy atom. The van der Waals surface area contributed by atoms with Crippen molar-refractivity contribution < 1.29 is 0 Å². The van der Waals surface area contributed by atoms with Gasteiger partial charge in [0.25, 0.3) is 0 Å². The van der Waals surface area contributed by atoms with E-state index in [2.05, 4.69) is 319 Å². The smallest absolute Gasteiger partial charge is 0.0494 e. The molecular formula is C84H63N. The van der Waals surface area contributed by atoms with Gasteiger partial charge in [0.05, 0.1) is 0 Å². The predicted molar refractivity (Wildman–Crippen MR) is 367 cm³/mol. The van der Waals surface area contributed by atoms with E-state index in [4.69, 9.17) is 0 Å².